The maximum Gasteiger partial charge on any atom is 0.312 e. The number of carbonyl (C=O) groups excluding carboxylic acids is 2. The molecule has 100 valence electrons. The monoisotopic (exact) mass is 245 g/mol. The average molecular weight is 245 g/mol. The summed E-state index contributed by atoms with van der Waals surface area (Å²) < 4.78 is 0. The lowest BCUT2D eigenvalue weighted by Crippen LogP contribution is -2.54. The highest BCUT2D eigenvalue weighted by Gasteiger charge is 2.26. The third-order valence-corrected chi connectivity index (χ3v) is 2.85. The number of nitrogens with one attached hydrogen (secondary N) is 2. The molecule has 0 saturated carbocycles. The fourth-order valence-electron chi connectivity index (χ4n) is 1.42. The predicted octanol–water partition coefficient (Wildman–Crippen LogP) is -0.0435. The summed E-state index contributed by atoms with van der Waals surface area (Å²) in [6.07, 6.45) is 1.38. The first-order valence-electron chi connectivity index (χ1n) is 5.93. The van der Waals surface area contributed by atoms with Gasteiger partial charge < -0.3 is 21.5 Å². The molecule has 0 saturated heterocycles. The van der Waals surface area contributed by atoms with Crippen LogP contribution in [0, 0.1) is 5.92 Å². The summed E-state index contributed by atoms with van der Waals surface area (Å²) in [4.78, 5) is 22.8. The molecule has 3 atom stereocenters. The Bertz CT molecular complexity index is 254. The number of aliphatic hydroxyl groups is 1. The summed E-state index contributed by atoms with van der Waals surface area (Å²) in [5.74, 6) is -0.322. The third-order valence-electron chi connectivity index (χ3n) is 2.85. The van der Waals surface area contributed by atoms with Gasteiger partial charge in [-0.2, -0.15) is 0 Å². The topological polar surface area (TPSA) is 104 Å². The van der Waals surface area contributed by atoms with Crippen LogP contribution in [0.3, 0.4) is 0 Å². The Morgan fingerprint density at radius 2 is 1.82 bits per heavy atom. The van der Waals surface area contributed by atoms with E-state index in [0.29, 0.717) is 6.42 Å². The average Bonchev–Trinajstić information content (AvgIpc) is 2.31. The van der Waals surface area contributed by atoms with E-state index in [1.807, 2.05) is 20.8 Å². The standard InChI is InChI=1S/C11H23N3O3/c1-4-7(3)9(14-11(12)17)10(16)13-8(5-2)6-15/h7-9,15H,4-6H2,1-3H3,(H,13,16)(H3,12,14,17)/t7?,8-,9?/m1/s1. The van der Waals surface area contributed by atoms with E-state index in [1.54, 1.807) is 0 Å². The Hall–Kier alpha value is -1.30. The Kier molecular flexibility index (Phi) is 7.29. The minimum Gasteiger partial charge on any atom is -0.394 e. The zero-order valence-corrected chi connectivity index (χ0v) is 10.7. The van der Waals surface area contributed by atoms with E-state index in [9.17, 15) is 9.59 Å². The molecule has 17 heavy (non-hydrogen) atoms. The van der Waals surface area contributed by atoms with E-state index in [1.165, 1.54) is 0 Å². The predicted molar refractivity (Wildman–Crippen MR) is 65.3 cm³/mol. The number of aliphatic hydroxyl groups excluding tert-OH is 1. The summed E-state index contributed by atoms with van der Waals surface area (Å²) in [5.41, 5.74) is 5.04. The Labute approximate surface area is 102 Å². The van der Waals surface area contributed by atoms with Gasteiger partial charge in [-0.15, -0.1) is 0 Å². The number of rotatable bonds is 7. The molecule has 0 aromatic carbocycles. The summed E-state index contributed by atoms with van der Waals surface area (Å²) in [6, 6.07) is -1.66. The second-order valence-electron chi connectivity index (χ2n) is 4.17. The van der Waals surface area contributed by atoms with Crippen molar-refractivity contribution >= 4 is 11.9 Å². The van der Waals surface area contributed by atoms with Crippen molar-refractivity contribution in [1.29, 1.82) is 0 Å². The molecule has 0 aromatic heterocycles. The lowest BCUT2D eigenvalue weighted by molar-refractivity contribution is -0.125. The van der Waals surface area contributed by atoms with E-state index in [-0.39, 0.29) is 24.5 Å². The second kappa shape index (κ2) is 7.89. The molecule has 0 bridgehead atoms. The van der Waals surface area contributed by atoms with E-state index >= 15 is 0 Å². The van der Waals surface area contributed by atoms with Crippen molar-refractivity contribution in [3.8, 4) is 0 Å². The largest absolute Gasteiger partial charge is 0.394 e. The number of urea groups is 1. The molecule has 0 aliphatic rings. The first-order chi connectivity index (χ1) is 7.96. The summed E-state index contributed by atoms with van der Waals surface area (Å²) in [5, 5.41) is 14.1. The van der Waals surface area contributed by atoms with E-state index in [4.69, 9.17) is 10.8 Å². The molecule has 2 unspecified atom stereocenters. The Morgan fingerprint density at radius 1 is 1.24 bits per heavy atom. The molecule has 0 aliphatic carbocycles. The smallest absolute Gasteiger partial charge is 0.312 e. The van der Waals surface area contributed by atoms with Crippen LogP contribution in [0.1, 0.15) is 33.6 Å². The molecule has 0 heterocycles. The third kappa shape index (κ3) is 5.53. The van der Waals surface area contributed by atoms with Crippen molar-refractivity contribution in [2.45, 2.75) is 45.7 Å². The highest BCUT2D eigenvalue weighted by atomic mass is 16.3. The molecule has 0 fully saturated rings. The highest BCUT2D eigenvalue weighted by molar-refractivity contribution is 5.86. The van der Waals surface area contributed by atoms with Crippen LogP contribution in [0.4, 0.5) is 4.79 Å². The van der Waals surface area contributed by atoms with Crippen molar-refractivity contribution in [3.63, 3.8) is 0 Å². The maximum atomic E-state index is 11.9. The summed E-state index contributed by atoms with van der Waals surface area (Å²) in [6.45, 7) is 5.53. The first-order valence-corrected chi connectivity index (χ1v) is 5.93. The number of carbonyl (C=O) groups is 2. The van der Waals surface area contributed by atoms with Gasteiger partial charge in [0.05, 0.1) is 12.6 Å². The van der Waals surface area contributed by atoms with Crippen LogP contribution in [0.5, 0.6) is 0 Å². The zero-order chi connectivity index (χ0) is 13.4. The van der Waals surface area contributed by atoms with E-state index in [0.717, 1.165) is 6.42 Å². The van der Waals surface area contributed by atoms with Crippen LogP contribution in [-0.2, 0) is 4.79 Å². The van der Waals surface area contributed by atoms with E-state index < -0.39 is 12.1 Å². The fourth-order valence-corrected chi connectivity index (χ4v) is 1.42. The second-order valence-corrected chi connectivity index (χ2v) is 4.17. The number of hydrogen-bond acceptors (Lipinski definition) is 3. The number of hydrogen-bond donors (Lipinski definition) is 4. The molecular formula is C11H23N3O3. The molecule has 0 rings (SSSR count). The van der Waals surface area contributed by atoms with Gasteiger partial charge in [-0.1, -0.05) is 27.2 Å². The van der Waals surface area contributed by atoms with Crippen molar-refractivity contribution in [1.82, 2.24) is 10.6 Å². The van der Waals surface area contributed by atoms with Crippen LogP contribution in [0.2, 0.25) is 0 Å². The normalized spacial score (nSPS) is 15.8. The van der Waals surface area contributed by atoms with Gasteiger partial charge in [0.2, 0.25) is 5.91 Å². The Morgan fingerprint density at radius 3 is 2.18 bits per heavy atom. The molecule has 5 N–H and O–H groups in total. The van der Waals surface area contributed by atoms with Crippen LogP contribution >= 0.6 is 0 Å². The first kappa shape index (κ1) is 15.7. The van der Waals surface area contributed by atoms with Gasteiger partial charge in [0.15, 0.2) is 0 Å². The summed E-state index contributed by atoms with van der Waals surface area (Å²) >= 11 is 0. The number of nitrogens with two attached hydrogens (primary N) is 1. The number of primary amides is 1. The minimum atomic E-state index is -0.720. The van der Waals surface area contributed by atoms with Crippen molar-refractivity contribution in [2.24, 2.45) is 11.7 Å². The van der Waals surface area contributed by atoms with Gasteiger partial charge in [0.1, 0.15) is 6.04 Å². The lowest BCUT2D eigenvalue weighted by Gasteiger charge is -2.24. The van der Waals surface area contributed by atoms with Crippen LogP contribution in [-0.4, -0.2) is 35.7 Å². The van der Waals surface area contributed by atoms with Gasteiger partial charge in [0.25, 0.3) is 0 Å². The minimum absolute atomic E-state index is 0.0151. The number of amides is 3. The molecular weight excluding hydrogens is 222 g/mol. The molecule has 0 radical (unpaired) electrons. The molecule has 6 nitrogen and oxygen atoms in total. The lowest BCUT2D eigenvalue weighted by atomic mass is 9.98. The van der Waals surface area contributed by atoms with Gasteiger partial charge in [-0.3, -0.25) is 4.79 Å². The zero-order valence-electron chi connectivity index (χ0n) is 10.7. The maximum absolute atomic E-state index is 11.9. The van der Waals surface area contributed by atoms with Crippen molar-refractivity contribution in [2.75, 3.05) is 6.61 Å². The van der Waals surface area contributed by atoms with Crippen LogP contribution in [0.25, 0.3) is 0 Å². The summed E-state index contributed by atoms with van der Waals surface area (Å²) in [7, 11) is 0. The highest BCUT2D eigenvalue weighted by Crippen LogP contribution is 2.08. The quantitative estimate of drug-likeness (QED) is 0.505. The fraction of sp³-hybridized carbons (Fsp3) is 0.818. The molecule has 6 heteroatoms. The van der Waals surface area contributed by atoms with Crippen LogP contribution < -0.4 is 16.4 Å². The van der Waals surface area contributed by atoms with Gasteiger partial charge >= 0.3 is 6.03 Å². The molecule has 0 spiro atoms. The van der Waals surface area contributed by atoms with Gasteiger partial charge in [0, 0.05) is 0 Å². The molecule has 0 aliphatic heterocycles. The Balaban J connectivity index is 4.56. The van der Waals surface area contributed by atoms with Crippen molar-refractivity contribution in [3.05, 3.63) is 0 Å². The SMILES string of the molecule is CCC(C)C(NC(N)=O)C(=O)N[C@H](CC)CO. The van der Waals surface area contributed by atoms with Crippen molar-refractivity contribution < 1.29 is 14.7 Å². The van der Waals surface area contributed by atoms with Crippen LogP contribution in [0.15, 0.2) is 0 Å². The van der Waals surface area contributed by atoms with Gasteiger partial charge in [-0.25, -0.2) is 4.79 Å². The van der Waals surface area contributed by atoms with E-state index in [2.05, 4.69) is 10.6 Å². The molecule has 0 aromatic rings. The van der Waals surface area contributed by atoms with Gasteiger partial charge in [-0.05, 0) is 12.3 Å². The molecule has 3 amide bonds.